The Morgan fingerprint density at radius 2 is 2.62 bits per heavy atom. The highest BCUT2D eigenvalue weighted by Gasteiger charge is 1.98. The molecule has 0 fully saturated rings. The molecule has 1 heterocycles. The van der Waals surface area contributed by atoms with Gasteiger partial charge in [-0.2, -0.15) is 0 Å². The Labute approximate surface area is 81.5 Å². The van der Waals surface area contributed by atoms with Gasteiger partial charge in [-0.3, -0.25) is 4.79 Å². The lowest BCUT2D eigenvalue weighted by molar-refractivity contribution is -0.116. The molecule has 0 aliphatic rings. The van der Waals surface area contributed by atoms with Gasteiger partial charge in [-0.25, -0.2) is 4.98 Å². The van der Waals surface area contributed by atoms with Crippen molar-refractivity contribution in [1.29, 1.82) is 0 Å². The van der Waals surface area contributed by atoms with Gasteiger partial charge >= 0.3 is 0 Å². The van der Waals surface area contributed by atoms with Crippen molar-refractivity contribution in [3.63, 3.8) is 0 Å². The van der Waals surface area contributed by atoms with Crippen molar-refractivity contribution >= 4 is 17.2 Å². The first-order valence-electron chi connectivity index (χ1n) is 4.03. The number of amides is 1. The second-order valence-corrected chi connectivity index (χ2v) is 3.57. The van der Waals surface area contributed by atoms with Crippen molar-refractivity contribution in [2.45, 2.75) is 13.3 Å². The summed E-state index contributed by atoms with van der Waals surface area (Å²) in [5.41, 5.74) is 1.04. The molecule has 13 heavy (non-hydrogen) atoms. The van der Waals surface area contributed by atoms with Crippen LogP contribution in [0.5, 0.6) is 0 Å². The Hall–Kier alpha value is -1.16. The molecule has 0 aromatic carbocycles. The van der Waals surface area contributed by atoms with E-state index in [2.05, 4.69) is 16.9 Å². The summed E-state index contributed by atoms with van der Waals surface area (Å²) in [6.45, 7) is 5.95. The van der Waals surface area contributed by atoms with Crippen molar-refractivity contribution in [1.82, 2.24) is 10.3 Å². The lowest BCUT2D eigenvalue weighted by Crippen LogP contribution is -2.23. The summed E-state index contributed by atoms with van der Waals surface area (Å²) in [7, 11) is 0. The Kier molecular flexibility index (Phi) is 3.64. The zero-order valence-electron chi connectivity index (χ0n) is 7.54. The number of carbonyl (C=O) groups is 1. The number of thiazole rings is 1. The molecule has 0 atom stereocenters. The SMILES string of the molecule is C=CC(=O)NCCc1nc(C)cs1. The molecule has 0 bridgehead atoms. The van der Waals surface area contributed by atoms with Crippen molar-refractivity contribution < 1.29 is 4.79 Å². The van der Waals surface area contributed by atoms with Crippen LogP contribution in [0.2, 0.25) is 0 Å². The van der Waals surface area contributed by atoms with Crippen LogP contribution in [0.1, 0.15) is 10.7 Å². The zero-order valence-corrected chi connectivity index (χ0v) is 8.36. The number of rotatable bonds is 4. The molecule has 0 radical (unpaired) electrons. The highest BCUT2D eigenvalue weighted by atomic mass is 32.1. The van der Waals surface area contributed by atoms with Crippen molar-refractivity contribution in [3.8, 4) is 0 Å². The molecule has 0 saturated carbocycles. The zero-order chi connectivity index (χ0) is 9.68. The molecule has 3 nitrogen and oxygen atoms in total. The van der Waals surface area contributed by atoms with Gasteiger partial charge in [0.1, 0.15) is 0 Å². The van der Waals surface area contributed by atoms with E-state index in [0.717, 1.165) is 17.1 Å². The normalized spacial score (nSPS) is 9.62. The highest BCUT2D eigenvalue weighted by Crippen LogP contribution is 2.08. The summed E-state index contributed by atoms with van der Waals surface area (Å²) >= 11 is 1.62. The molecule has 0 aliphatic carbocycles. The Balaban J connectivity index is 2.27. The minimum atomic E-state index is -0.131. The van der Waals surface area contributed by atoms with Gasteiger partial charge in [-0.15, -0.1) is 11.3 Å². The summed E-state index contributed by atoms with van der Waals surface area (Å²) < 4.78 is 0. The molecule has 1 aromatic heterocycles. The molecule has 0 aliphatic heterocycles. The van der Waals surface area contributed by atoms with Crippen LogP contribution in [-0.2, 0) is 11.2 Å². The quantitative estimate of drug-likeness (QED) is 0.737. The standard InChI is InChI=1S/C9H12N2OS/c1-3-8(12)10-5-4-9-11-7(2)6-13-9/h3,6H,1,4-5H2,2H3,(H,10,12). The van der Waals surface area contributed by atoms with Crippen LogP contribution in [0, 0.1) is 6.92 Å². The van der Waals surface area contributed by atoms with E-state index in [9.17, 15) is 4.79 Å². The third-order valence-corrected chi connectivity index (χ3v) is 2.52. The fourth-order valence-electron chi connectivity index (χ4n) is 0.882. The summed E-state index contributed by atoms with van der Waals surface area (Å²) in [6, 6.07) is 0. The first-order chi connectivity index (χ1) is 6.22. The van der Waals surface area contributed by atoms with Crippen LogP contribution in [0.4, 0.5) is 0 Å². The van der Waals surface area contributed by atoms with Crippen LogP contribution >= 0.6 is 11.3 Å². The van der Waals surface area contributed by atoms with Crippen LogP contribution in [0.3, 0.4) is 0 Å². The summed E-state index contributed by atoms with van der Waals surface area (Å²) in [5.74, 6) is -0.131. The van der Waals surface area contributed by atoms with Crippen LogP contribution in [0.25, 0.3) is 0 Å². The van der Waals surface area contributed by atoms with E-state index in [4.69, 9.17) is 0 Å². The van der Waals surface area contributed by atoms with E-state index >= 15 is 0 Å². The molecule has 1 N–H and O–H groups in total. The van der Waals surface area contributed by atoms with E-state index in [1.165, 1.54) is 6.08 Å². The van der Waals surface area contributed by atoms with Crippen molar-refractivity contribution in [3.05, 3.63) is 28.7 Å². The summed E-state index contributed by atoms with van der Waals surface area (Å²) in [4.78, 5) is 15.0. The number of carbonyl (C=O) groups excluding carboxylic acids is 1. The molecule has 0 spiro atoms. The number of aromatic nitrogens is 1. The maximum atomic E-state index is 10.8. The lowest BCUT2D eigenvalue weighted by Gasteiger charge is -1.98. The first kappa shape index (κ1) is 9.92. The van der Waals surface area contributed by atoms with Gasteiger partial charge in [-0.05, 0) is 13.0 Å². The monoisotopic (exact) mass is 196 g/mol. The second-order valence-electron chi connectivity index (χ2n) is 2.63. The Morgan fingerprint density at radius 3 is 3.15 bits per heavy atom. The van der Waals surface area contributed by atoms with Gasteiger partial charge in [0.2, 0.25) is 5.91 Å². The number of hydrogen-bond donors (Lipinski definition) is 1. The fraction of sp³-hybridized carbons (Fsp3) is 0.333. The van der Waals surface area contributed by atoms with Crippen molar-refractivity contribution in [2.75, 3.05) is 6.54 Å². The van der Waals surface area contributed by atoms with Gasteiger partial charge in [-0.1, -0.05) is 6.58 Å². The largest absolute Gasteiger partial charge is 0.352 e. The van der Waals surface area contributed by atoms with E-state index in [1.54, 1.807) is 11.3 Å². The van der Waals surface area contributed by atoms with E-state index in [0.29, 0.717) is 6.54 Å². The highest BCUT2D eigenvalue weighted by molar-refractivity contribution is 7.09. The second kappa shape index (κ2) is 4.77. The fourth-order valence-corrected chi connectivity index (χ4v) is 1.66. The smallest absolute Gasteiger partial charge is 0.243 e. The molecule has 1 aromatic rings. The maximum absolute atomic E-state index is 10.8. The number of nitrogens with one attached hydrogen (secondary N) is 1. The molecule has 1 amide bonds. The van der Waals surface area contributed by atoms with Crippen LogP contribution in [-0.4, -0.2) is 17.4 Å². The summed E-state index contributed by atoms with van der Waals surface area (Å²) in [6.07, 6.45) is 2.06. The third-order valence-electron chi connectivity index (χ3n) is 1.49. The Morgan fingerprint density at radius 1 is 1.85 bits per heavy atom. The number of nitrogens with zero attached hydrogens (tertiary/aromatic N) is 1. The topological polar surface area (TPSA) is 42.0 Å². The van der Waals surface area contributed by atoms with Crippen LogP contribution < -0.4 is 5.32 Å². The maximum Gasteiger partial charge on any atom is 0.243 e. The minimum absolute atomic E-state index is 0.131. The molecular formula is C9H12N2OS. The predicted octanol–water partition coefficient (Wildman–Crippen LogP) is 1.30. The van der Waals surface area contributed by atoms with Gasteiger partial charge in [0.25, 0.3) is 0 Å². The molecule has 0 saturated heterocycles. The van der Waals surface area contributed by atoms with Crippen molar-refractivity contribution in [2.24, 2.45) is 0 Å². The first-order valence-corrected chi connectivity index (χ1v) is 4.91. The third kappa shape index (κ3) is 3.38. The molecular weight excluding hydrogens is 184 g/mol. The Bertz CT molecular complexity index is 306. The number of hydrogen-bond acceptors (Lipinski definition) is 3. The molecule has 0 unspecified atom stereocenters. The van der Waals surface area contributed by atoms with E-state index in [-0.39, 0.29) is 5.91 Å². The molecule has 1 rings (SSSR count). The summed E-state index contributed by atoms with van der Waals surface area (Å²) in [5, 5.41) is 5.76. The van der Waals surface area contributed by atoms with Crippen LogP contribution in [0.15, 0.2) is 18.0 Å². The predicted molar refractivity (Wildman–Crippen MR) is 53.8 cm³/mol. The molecule has 4 heteroatoms. The molecule has 70 valence electrons. The lowest BCUT2D eigenvalue weighted by atomic mass is 10.4. The average Bonchev–Trinajstić information content (AvgIpc) is 2.51. The van der Waals surface area contributed by atoms with Gasteiger partial charge < -0.3 is 5.32 Å². The average molecular weight is 196 g/mol. The van der Waals surface area contributed by atoms with Gasteiger partial charge in [0.15, 0.2) is 0 Å². The van der Waals surface area contributed by atoms with Gasteiger partial charge in [0, 0.05) is 24.0 Å². The number of aryl methyl sites for hydroxylation is 1. The van der Waals surface area contributed by atoms with E-state index in [1.807, 2.05) is 12.3 Å². The van der Waals surface area contributed by atoms with Gasteiger partial charge in [0.05, 0.1) is 5.01 Å². The van der Waals surface area contributed by atoms with E-state index < -0.39 is 0 Å². The minimum Gasteiger partial charge on any atom is -0.352 e.